The molecule has 7 heteroatoms. The van der Waals surface area contributed by atoms with Gasteiger partial charge in [-0.25, -0.2) is 4.98 Å². The van der Waals surface area contributed by atoms with Gasteiger partial charge in [0.2, 0.25) is 5.91 Å². The number of aromatic nitrogens is 2. The molecule has 5 rings (SSSR count). The molecule has 2 fully saturated rings. The van der Waals surface area contributed by atoms with E-state index in [2.05, 4.69) is 10.3 Å². The highest BCUT2D eigenvalue weighted by atomic mass is 16.5. The fraction of sp³-hybridized carbons (Fsp3) is 0.464. The van der Waals surface area contributed by atoms with E-state index in [0.29, 0.717) is 31.0 Å². The van der Waals surface area contributed by atoms with E-state index >= 15 is 0 Å². The smallest absolute Gasteiger partial charge is 0.257 e. The van der Waals surface area contributed by atoms with Gasteiger partial charge in [-0.05, 0) is 56.4 Å². The van der Waals surface area contributed by atoms with Crippen molar-refractivity contribution in [2.75, 3.05) is 13.1 Å². The van der Waals surface area contributed by atoms with Gasteiger partial charge in [0, 0.05) is 37.4 Å². The lowest BCUT2D eigenvalue weighted by molar-refractivity contribution is -0.126. The van der Waals surface area contributed by atoms with Crippen molar-refractivity contribution in [3.8, 4) is 5.75 Å². The molecule has 184 valence electrons. The molecule has 1 N–H and O–H groups in total. The maximum atomic E-state index is 13.3. The first-order chi connectivity index (χ1) is 17.1. The highest BCUT2D eigenvalue weighted by molar-refractivity contribution is 5.97. The number of nitrogens with zero attached hydrogens (tertiary/aromatic N) is 3. The standard InChI is InChI=1S/C28H34N4O3/c1-20-8-7-15-32-18-23(29-26(20)32)19-35-25-12-6-5-11-24(25)28(34)31-16-13-22(14-17-31)30-27(33)21-9-3-2-4-10-21/h5-8,11-12,15,18,21-22H,2-4,9-10,13-14,16-17,19H2,1H3,(H,30,33). The van der Waals surface area contributed by atoms with Crippen LogP contribution in [-0.2, 0) is 11.4 Å². The summed E-state index contributed by atoms with van der Waals surface area (Å²) >= 11 is 0. The highest BCUT2D eigenvalue weighted by Gasteiger charge is 2.28. The van der Waals surface area contributed by atoms with Gasteiger partial charge in [-0.2, -0.15) is 0 Å². The van der Waals surface area contributed by atoms with Gasteiger partial charge in [0.05, 0.1) is 11.3 Å². The largest absolute Gasteiger partial charge is 0.486 e. The number of imidazole rings is 1. The van der Waals surface area contributed by atoms with Crippen LogP contribution in [0.5, 0.6) is 5.75 Å². The molecule has 2 amide bonds. The third-order valence-electron chi connectivity index (χ3n) is 7.33. The number of likely N-dealkylation sites (tertiary alicyclic amines) is 1. The fourth-order valence-electron chi connectivity index (χ4n) is 5.28. The number of piperidine rings is 1. The molecule has 1 aliphatic carbocycles. The number of rotatable bonds is 6. The molecule has 1 aromatic carbocycles. The third-order valence-corrected chi connectivity index (χ3v) is 7.33. The van der Waals surface area contributed by atoms with Crippen LogP contribution in [0.3, 0.4) is 0 Å². The van der Waals surface area contributed by atoms with Crippen LogP contribution in [0, 0.1) is 12.8 Å². The predicted octanol–water partition coefficient (Wildman–Crippen LogP) is 4.52. The summed E-state index contributed by atoms with van der Waals surface area (Å²) in [5, 5.41) is 3.24. The van der Waals surface area contributed by atoms with Crippen molar-refractivity contribution < 1.29 is 14.3 Å². The molecule has 1 saturated carbocycles. The number of para-hydroxylation sites is 1. The Labute approximate surface area is 206 Å². The summed E-state index contributed by atoms with van der Waals surface area (Å²) in [5.41, 5.74) is 3.40. The van der Waals surface area contributed by atoms with Crippen LogP contribution in [0.25, 0.3) is 5.65 Å². The Morgan fingerprint density at radius 2 is 1.80 bits per heavy atom. The Kier molecular flexibility index (Phi) is 7.02. The van der Waals surface area contributed by atoms with Gasteiger partial charge in [-0.1, -0.05) is 37.5 Å². The van der Waals surface area contributed by atoms with Gasteiger partial charge in [0.25, 0.3) is 5.91 Å². The van der Waals surface area contributed by atoms with Gasteiger partial charge < -0.3 is 19.4 Å². The zero-order valence-electron chi connectivity index (χ0n) is 20.4. The SMILES string of the molecule is Cc1cccn2cc(COc3ccccc3C(=O)N3CCC(NC(=O)C4CCCCC4)CC3)nc12. The van der Waals surface area contributed by atoms with Crippen LogP contribution in [0.2, 0.25) is 0 Å². The van der Waals surface area contributed by atoms with Crippen LogP contribution in [0.1, 0.15) is 66.6 Å². The molecule has 1 saturated heterocycles. The zero-order chi connectivity index (χ0) is 24.2. The molecule has 0 bridgehead atoms. The number of carbonyl (C=O) groups excluding carboxylic acids is 2. The summed E-state index contributed by atoms with van der Waals surface area (Å²) in [6.07, 6.45) is 11.1. The van der Waals surface area contributed by atoms with E-state index in [1.54, 1.807) is 0 Å². The molecule has 0 atom stereocenters. The number of amides is 2. The molecule has 1 aliphatic heterocycles. The fourth-order valence-corrected chi connectivity index (χ4v) is 5.28. The Hall–Kier alpha value is -3.35. The average molecular weight is 475 g/mol. The first-order valence-corrected chi connectivity index (χ1v) is 12.8. The predicted molar refractivity (Wildman–Crippen MR) is 134 cm³/mol. The number of nitrogens with one attached hydrogen (secondary N) is 1. The molecule has 0 radical (unpaired) electrons. The molecule has 3 heterocycles. The lowest BCUT2D eigenvalue weighted by atomic mass is 9.88. The van der Waals surface area contributed by atoms with E-state index in [9.17, 15) is 9.59 Å². The molecule has 2 aromatic heterocycles. The Balaban J connectivity index is 1.18. The lowest BCUT2D eigenvalue weighted by Gasteiger charge is -2.33. The number of carbonyl (C=O) groups is 2. The number of hydrogen-bond acceptors (Lipinski definition) is 4. The van der Waals surface area contributed by atoms with Gasteiger partial charge in [0.1, 0.15) is 18.0 Å². The quantitative estimate of drug-likeness (QED) is 0.570. The van der Waals surface area contributed by atoms with Crippen LogP contribution in [0.4, 0.5) is 0 Å². The average Bonchev–Trinajstić information content (AvgIpc) is 3.33. The summed E-state index contributed by atoms with van der Waals surface area (Å²) in [4.78, 5) is 32.5. The molecule has 2 aliphatic rings. The van der Waals surface area contributed by atoms with Crippen LogP contribution in [-0.4, -0.2) is 45.2 Å². The van der Waals surface area contributed by atoms with E-state index in [1.807, 2.05) is 65.0 Å². The number of fused-ring (bicyclic) bond motifs is 1. The van der Waals surface area contributed by atoms with Crippen molar-refractivity contribution in [2.24, 2.45) is 5.92 Å². The number of ether oxygens (including phenoxy) is 1. The normalized spacial score (nSPS) is 17.5. The van der Waals surface area contributed by atoms with E-state index in [1.165, 1.54) is 6.42 Å². The van der Waals surface area contributed by atoms with E-state index in [0.717, 1.165) is 55.4 Å². The Morgan fingerprint density at radius 1 is 1.03 bits per heavy atom. The zero-order valence-corrected chi connectivity index (χ0v) is 20.4. The Morgan fingerprint density at radius 3 is 2.57 bits per heavy atom. The van der Waals surface area contributed by atoms with Crippen molar-refractivity contribution in [3.05, 3.63) is 65.6 Å². The maximum Gasteiger partial charge on any atom is 0.257 e. The topological polar surface area (TPSA) is 75.9 Å². The summed E-state index contributed by atoms with van der Waals surface area (Å²) in [7, 11) is 0. The molecule has 7 nitrogen and oxygen atoms in total. The van der Waals surface area contributed by atoms with Gasteiger partial charge >= 0.3 is 0 Å². The number of aryl methyl sites for hydroxylation is 1. The number of benzene rings is 1. The van der Waals surface area contributed by atoms with Gasteiger partial charge in [-0.3, -0.25) is 9.59 Å². The third kappa shape index (κ3) is 5.34. The first kappa shape index (κ1) is 23.4. The van der Waals surface area contributed by atoms with Crippen molar-refractivity contribution in [2.45, 2.75) is 64.5 Å². The second-order valence-electron chi connectivity index (χ2n) is 9.85. The lowest BCUT2D eigenvalue weighted by Crippen LogP contribution is -2.48. The minimum Gasteiger partial charge on any atom is -0.486 e. The van der Waals surface area contributed by atoms with Crippen LogP contribution >= 0.6 is 0 Å². The minimum atomic E-state index is -0.0245. The maximum absolute atomic E-state index is 13.3. The van der Waals surface area contributed by atoms with E-state index < -0.39 is 0 Å². The summed E-state index contributed by atoms with van der Waals surface area (Å²) in [6.45, 7) is 3.59. The molecule has 0 unspecified atom stereocenters. The summed E-state index contributed by atoms with van der Waals surface area (Å²) in [5.74, 6) is 0.919. The minimum absolute atomic E-state index is 0.0245. The van der Waals surface area contributed by atoms with Crippen molar-refractivity contribution in [1.29, 1.82) is 0 Å². The second-order valence-corrected chi connectivity index (χ2v) is 9.85. The van der Waals surface area contributed by atoms with E-state index in [4.69, 9.17) is 4.74 Å². The molecular formula is C28H34N4O3. The van der Waals surface area contributed by atoms with Crippen molar-refractivity contribution >= 4 is 17.5 Å². The number of pyridine rings is 1. The van der Waals surface area contributed by atoms with Crippen LogP contribution < -0.4 is 10.1 Å². The highest BCUT2D eigenvalue weighted by Crippen LogP contribution is 2.26. The summed E-state index contributed by atoms with van der Waals surface area (Å²) in [6, 6.07) is 11.6. The molecule has 0 spiro atoms. The van der Waals surface area contributed by atoms with Crippen molar-refractivity contribution in [1.82, 2.24) is 19.6 Å². The second kappa shape index (κ2) is 10.5. The van der Waals surface area contributed by atoms with Crippen LogP contribution in [0.15, 0.2) is 48.8 Å². The van der Waals surface area contributed by atoms with Gasteiger partial charge in [0.15, 0.2) is 0 Å². The first-order valence-electron chi connectivity index (χ1n) is 12.8. The van der Waals surface area contributed by atoms with E-state index in [-0.39, 0.29) is 23.8 Å². The summed E-state index contributed by atoms with van der Waals surface area (Å²) < 4.78 is 8.05. The Bertz CT molecular complexity index is 1190. The molecule has 35 heavy (non-hydrogen) atoms. The molecular weight excluding hydrogens is 440 g/mol. The van der Waals surface area contributed by atoms with Crippen molar-refractivity contribution in [3.63, 3.8) is 0 Å². The van der Waals surface area contributed by atoms with Gasteiger partial charge in [-0.15, -0.1) is 0 Å². The molecule has 3 aromatic rings. The monoisotopic (exact) mass is 474 g/mol. The number of hydrogen-bond donors (Lipinski definition) is 1.